The third-order valence-corrected chi connectivity index (χ3v) is 2.63. The molecule has 1 aliphatic rings. The third-order valence-electron chi connectivity index (χ3n) is 2.63. The standard InChI is InChI=1S/C10H18N2O5/c1-12(5-7-3-2-4-17-7)10(16)11-8(6-13)9(14)15/h7-8,13H,2-6H2,1H3,(H,11,16)(H,14,15). The van der Waals surface area contributed by atoms with E-state index in [1.807, 2.05) is 0 Å². The highest BCUT2D eigenvalue weighted by Gasteiger charge is 2.23. The molecule has 0 aromatic heterocycles. The number of carbonyl (C=O) groups excluding carboxylic acids is 1. The Morgan fingerprint density at radius 3 is 2.76 bits per heavy atom. The Bertz CT molecular complexity index is 278. The molecule has 0 aromatic carbocycles. The van der Waals surface area contributed by atoms with E-state index in [1.54, 1.807) is 7.05 Å². The SMILES string of the molecule is CN(CC1CCCO1)C(=O)NC(CO)C(=O)O. The highest BCUT2D eigenvalue weighted by Crippen LogP contribution is 2.12. The molecule has 0 radical (unpaired) electrons. The van der Waals surface area contributed by atoms with E-state index < -0.39 is 24.6 Å². The van der Waals surface area contributed by atoms with Crippen molar-refractivity contribution < 1.29 is 24.5 Å². The Hall–Kier alpha value is -1.34. The van der Waals surface area contributed by atoms with Gasteiger partial charge in [-0.2, -0.15) is 0 Å². The molecule has 1 saturated heterocycles. The highest BCUT2D eigenvalue weighted by molar-refractivity contribution is 5.82. The Morgan fingerprint density at radius 2 is 2.29 bits per heavy atom. The van der Waals surface area contributed by atoms with Crippen molar-refractivity contribution in [2.75, 3.05) is 26.8 Å². The van der Waals surface area contributed by atoms with Crippen molar-refractivity contribution in [3.8, 4) is 0 Å². The molecule has 1 aliphatic heterocycles. The van der Waals surface area contributed by atoms with Gasteiger partial charge in [-0.25, -0.2) is 9.59 Å². The van der Waals surface area contributed by atoms with Crippen LogP contribution in [-0.2, 0) is 9.53 Å². The number of urea groups is 1. The fourth-order valence-electron chi connectivity index (χ4n) is 1.62. The number of hydrogen-bond acceptors (Lipinski definition) is 4. The van der Waals surface area contributed by atoms with Crippen LogP contribution in [0.3, 0.4) is 0 Å². The number of aliphatic hydroxyl groups excluding tert-OH is 1. The van der Waals surface area contributed by atoms with Crippen LogP contribution in [0.15, 0.2) is 0 Å². The normalized spacial score (nSPS) is 20.9. The van der Waals surface area contributed by atoms with Crippen molar-refractivity contribution in [1.82, 2.24) is 10.2 Å². The highest BCUT2D eigenvalue weighted by atomic mass is 16.5. The van der Waals surface area contributed by atoms with E-state index in [1.165, 1.54) is 4.90 Å². The van der Waals surface area contributed by atoms with Gasteiger partial charge in [0.1, 0.15) is 0 Å². The monoisotopic (exact) mass is 246 g/mol. The molecule has 2 atom stereocenters. The van der Waals surface area contributed by atoms with Gasteiger partial charge in [-0.15, -0.1) is 0 Å². The molecule has 0 bridgehead atoms. The molecule has 0 saturated carbocycles. The second-order valence-corrected chi connectivity index (χ2v) is 4.04. The van der Waals surface area contributed by atoms with Gasteiger partial charge in [0.2, 0.25) is 0 Å². The summed E-state index contributed by atoms with van der Waals surface area (Å²) in [6, 6.07) is -1.80. The van der Waals surface area contributed by atoms with Gasteiger partial charge in [0.25, 0.3) is 0 Å². The Morgan fingerprint density at radius 1 is 1.59 bits per heavy atom. The zero-order chi connectivity index (χ0) is 12.8. The molecule has 0 aromatic rings. The first-order valence-electron chi connectivity index (χ1n) is 5.51. The minimum Gasteiger partial charge on any atom is -0.480 e. The second kappa shape index (κ2) is 6.41. The van der Waals surface area contributed by atoms with Crippen molar-refractivity contribution in [3.63, 3.8) is 0 Å². The largest absolute Gasteiger partial charge is 0.480 e. The van der Waals surface area contributed by atoms with Crippen LogP contribution in [0, 0.1) is 0 Å². The lowest BCUT2D eigenvalue weighted by Gasteiger charge is -2.22. The number of likely N-dealkylation sites (N-methyl/N-ethyl adjacent to an activating group) is 1. The Labute approximate surface area is 99.4 Å². The topological polar surface area (TPSA) is 99.1 Å². The first-order valence-corrected chi connectivity index (χ1v) is 5.51. The van der Waals surface area contributed by atoms with Crippen molar-refractivity contribution in [3.05, 3.63) is 0 Å². The summed E-state index contributed by atoms with van der Waals surface area (Å²) in [5.74, 6) is -1.26. The smallest absolute Gasteiger partial charge is 0.328 e. The third kappa shape index (κ3) is 4.20. The first kappa shape index (κ1) is 13.7. The molecule has 7 heteroatoms. The van der Waals surface area contributed by atoms with Gasteiger partial charge in [0.05, 0.1) is 12.7 Å². The minimum absolute atomic E-state index is 0.0168. The maximum Gasteiger partial charge on any atom is 0.328 e. The summed E-state index contributed by atoms with van der Waals surface area (Å²) in [4.78, 5) is 23.6. The van der Waals surface area contributed by atoms with Gasteiger partial charge in [0.15, 0.2) is 6.04 Å². The summed E-state index contributed by atoms with van der Waals surface area (Å²) in [6.07, 6.45) is 1.90. The zero-order valence-electron chi connectivity index (χ0n) is 9.76. The van der Waals surface area contributed by atoms with E-state index in [4.69, 9.17) is 14.9 Å². The number of nitrogens with one attached hydrogen (secondary N) is 1. The van der Waals surface area contributed by atoms with Crippen molar-refractivity contribution in [1.29, 1.82) is 0 Å². The van der Waals surface area contributed by atoms with E-state index >= 15 is 0 Å². The quantitative estimate of drug-likeness (QED) is 0.593. The number of nitrogens with zero attached hydrogens (tertiary/aromatic N) is 1. The molecule has 7 nitrogen and oxygen atoms in total. The van der Waals surface area contributed by atoms with Crippen LogP contribution in [0.1, 0.15) is 12.8 Å². The molecule has 1 fully saturated rings. The number of aliphatic hydroxyl groups is 1. The molecule has 1 heterocycles. The second-order valence-electron chi connectivity index (χ2n) is 4.04. The molecular formula is C10H18N2O5. The fourth-order valence-corrected chi connectivity index (χ4v) is 1.62. The number of carboxylic acids is 1. The maximum atomic E-state index is 11.6. The number of carbonyl (C=O) groups is 2. The Balaban J connectivity index is 2.37. The lowest BCUT2D eigenvalue weighted by Crippen LogP contribution is -2.49. The molecule has 0 spiro atoms. The predicted molar refractivity (Wildman–Crippen MR) is 58.6 cm³/mol. The summed E-state index contributed by atoms with van der Waals surface area (Å²) in [5, 5.41) is 19.7. The molecule has 0 aliphatic carbocycles. The Kier molecular flexibility index (Phi) is 5.17. The summed E-state index contributed by atoms with van der Waals surface area (Å²) in [5.41, 5.74) is 0. The zero-order valence-corrected chi connectivity index (χ0v) is 9.76. The van der Waals surface area contributed by atoms with Crippen LogP contribution in [0.5, 0.6) is 0 Å². The number of amides is 2. The summed E-state index contributed by atoms with van der Waals surface area (Å²) in [6.45, 7) is 0.493. The molecule has 1 rings (SSSR count). The summed E-state index contributed by atoms with van der Waals surface area (Å²) in [7, 11) is 1.56. The van der Waals surface area contributed by atoms with Crippen LogP contribution in [0.4, 0.5) is 4.79 Å². The molecular weight excluding hydrogens is 228 g/mol. The summed E-state index contributed by atoms with van der Waals surface area (Å²) < 4.78 is 5.37. The molecule has 2 amide bonds. The molecule has 2 unspecified atom stereocenters. The lowest BCUT2D eigenvalue weighted by atomic mass is 10.2. The van der Waals surface area contributed by atoms with E-state index in [9.17, 15) is 9.59 Å². The number of hydrogen-bond donors (Lipinski definition) is 3. The van der Waals surface area contributed by atoms with Gasteiger partial charge >= 0.3 is 12.0 Å². The van der Waals surface area contributed by atoms with E-state index in [-0.39, 0.29) is 6.10 Å². The van der Waals surface area contributed by atoms with Crippen molar-refractivity contribution in [2.24, 2.45) is 0 Å². The predicted octanol–water partition coefficient (Wildman–Crippen LogP) is -0.748. The molecule has 98 valence electrons. The van der Waals surface area contributed by atoms with Crippen LogP contribution >= 0.6 is 0 Å². The van der Waals surface area contributed by atoms with E-state index in [2.05, 4.69) is 5.32 Å². The van der Waals surface area contributed by atoms with Gasteiger partial charge in [-0.05, 0) is 12.8 Å². The van der Waals surface area contributed by atoms with Gasteiger partial charge in [0, 0.05) is 20.2 Å². The number of ether oxygens (including phenoxy) is 1. The van der Waals surface area contributed by atoms with E-state index in [0.29, 0.717) is 13.2 Å². The maximum absolute atomic E-state index is 11.6. The average Bonchev–Trinajstić information content (AvgIpc) is 2.77. The fraction of sp³-hybridized carbons (Fsp3) is 0.800. The van der Waals surface area contributed by atoms with Crippen molar-refractivity contribution in [2.45, 2.75) is 25.0 Å². The van der Waals surface area contributed by atoms with Gasteiger partial charge in [-0.1, -0.05) is 0 Å². The minimum atomic E-state index is -1.27. The number of carboxylic acid groups (broad SMARTS) is 1. The van der Waals surface area contributed by atoms with Gasteiger partial charge < -0.3 is 25.2 Å². The average molecular weight is 246 g/mol. The first-order chi connectivity index (χ1) is 8.04. The van der Waals surface area contributed by atoms with Crippen LogP contribution in [0.2, 0.25) is 0 Å². The van der Waals surface area contributed by atoms with Crippen molar-refractivity contribution >= 4 is 12.0 Å². The van der Waals surface area contributed by atoms with Gasteiger partial charge in [-0.3, -0.25) is 0 Å². The van der Waals surface area contributed by atoms with Crippen LogP contribution < -0.4 is 5.32 Å². The van der Waals surface area contributed by atoms with E-state index in [0.717, 1.165) is 12.8 Å². The lowest BCUT2D eigenvalue weighted by molar-refractivity contribution is -0.140. The molecule has 3 N–H and O–H groups in total. The number of aliphatic carboxylic acids is 1. The van der Waals surface area contributed by atoms with Crippen LogP contribution in [0.25, 0.3) is 0 Å². The molecule has 17 heavy (non-hydrogen) atoms. The van der Waals surface area contributed by atoms with Crippen LogP contribution in [-0.4, -0.2) is 66.1 Å². The summed E-state index contributed by atoms with van der Waals surface area (Å²) >= 11 is 0. The number of rotatable bonds is 5.